The van der Waals surface area contributed by atoms with Crippen molar-refractivity contribution < 1.29 is 4.74 Å². The van der Waals surface area contributed by atoms with Crippen molar-refractivity contribution in [2.45, 2.75) is 25.7 Å². The molecule has 0 atom stereocenters. The van der Waals surface area contributed by atoms with Crippen LogP contribution >= 0.6 is 0 Å². The Morgan fingerprint density at radius 1 is 0.292 bits per heavy atom. The van der Waals surface area contributed by atoms with E-state index in [4.69, 9.17) is 9.72 Å². The minimum Gasteiger partial charge on any atom is -0.457 e. The van der Waals surface area contributed by atoms with E-state index in [1.165, 1.54) is 22.3 Å². The number of aromatic nitrogens is 5. The maximum atomic E-state index is 6.87. The van der Waals surface area contributed by atoms with Gasteiger partial charge in [-0.15, -0.1) is 0 Å². The molecule has 5 heterocycles. The van der Waals surface area contributed by atoms with Crippen LogP contribution in [0.15, 0.2) is 225 Å². The molecule has 0 aliphatic rings. The van der Waals surface area contributed by atoms with Gasteiger partial charge in [-0.25, -0.2) is 0 Å². The predicted molar refractivity (Wildman–Crippen MR) is 262 cm³/mol. The fourth-order valence-electron chi connectivity index (χ4n) is 8.26. The van der Waals surface area contributed by atoms with Crippen molar-refractivity contribution in [2.75, 3.05) is 0 Å². The first kappa shape index (κ1) is 40.7. The van der Waals surface area contributed by atoms with Crippen LogP contribution in [-0.2, 0) is 25.7 Å². The second kappa shape index (κ2) is 19.4. The van der Waals surface area contributed by atoms with Crippen molar-refractivity contribution >= 4 is 0 Å². The second-order valence-electron chi connectivity index (χ2n) is 16.0. The summed E-state index contributed by atoms with van der Waals surface area (Å²) in [6.45, 7) is 0. The maximum absolute atomic E-state index is 6.87. The average molecular weight is 840 g/mol. The highest BCUT2D eigenvalue weighted by atomic mass is 16.5. The average Bonchev–Trinajstić information content (AvgIpc) is 3.39. The Labute approximate surface area is 380 Å². The number of hydrogen-bond acceptors (Lipinski definition) is 6. The zero-order valence-corrected chi connectivity index (χ0v) is 35.8. The van der Waals surface area contributed by atoms with Gasteiger partial charge in [-0.1, -0.05) is 127 Å². The van der Waals surface area contributed by atoms with E-state index >= 15 is 0 Å². The van der Waals surface area contributed by atoms with Crippen LogP contribution in [0.2, 0.25) is 0 Å². The number of ether oxygens (including phenoxy) is 1. The molecule has 0 fully saturated rings. The lowest BCUT2D eigenvalue weighted by atomic mass is 9.90. The third-order valence-corrected chi connectivity index (χ3v) is 11.6. The Kier molecular flexibility index (Phi) is 12.1. The van der Waals surface area contributed by atoms with E-state index in [2.05, 4.69) is 129 Å². The molecule has 0 radical (unpaired) electrons. The van der Waals surface area contributed by atoms with Gasteiger partial charge in [0, 0.05) is 59.3 Å². The lowest BCUT2D eigenvalue weighted by molar-refractivity contribution is 0.484. The molecule has 0 N–H and O–H groups in total. The molecular weight excluding hydrogens is 795 g/mol. The van der Waals surface area contributed by atoms with E-state index in [1.807, 2.05) is 110 Å². The summed E-state index contributed by atoms with van der Waals surface area (Å²) in [7, 11) is 0. The monoisotopic (exact) mass is 839 g/mol. The van der Waals surface area contributed by atoms with Crippen molar-refractivity contribution in [3.63, 3.8) is 0 Å². The Morgan fingerprint density at radius 2 is 0.785 bits per heavy atom. The first-order chi connectivity index (χ1) is 32.2. The van der Waals surface area contributed by atoms with Crippen LogP contribution in [0, 0.1) is 0 Å². The standard InChI is InChI=1S/C59H45N5O/c1-2-15-52(53-41-64-58(57-19-6-10-35-63-57)40-59(53)65-50-13-11-12-48(39-50)56-18-5-9-34-62-56)51(14-1)49-37-44(22-20-42-24-28-46(29-25-42)54-16-3-7-32-60-54)36-45(38-49)23-21-43-26-30-47(31-27-43)55-17-4-8-33-61-55/h1-19,24-41H,20-23H2. The summed E-state index contributed by atoms with van der Waals surface area (Å²) in [4.78, 5) is 23.3. The zero-order chi connectivity index (χ0) is 43.6. The largest absolute Gasteiger partial charge is 0.457 e. The number of nitrogens with zero attached hydrogens (tertiary/aromatic N) is 5. The van der Waals surface area contributed by atoms with Crippen LogP contribution in [-0.4, -0.2) is 24.9 Å². The minimum atomic E-state index is 0.686. The highest BCUT2D eigenvalue weighted by Crippen LogP contribution is 2.41. The van der Waals surface area contributed by atoms with E-state index in [-0.39, 0.29) is 0 Å². The van der Waals surface area contributed by atoms with Crippen LogP contribution in [0.1, 0.15) is 22.3 Å². The zero-order valence-electron chi connectivity index (χ0n) is 35.8. The molecule has 312 valence electrons. The first-order valence-electron chi connectivity index (χ1n) is 22.0. The summed E-state index contributed by atoms with van der Waals surface area (Å²) in [6, 6.07) is 67.2. The van der Waals surface area contributed by atoms with Gasteiger partial charge < -0.3 is 4.74 Å². The molecule has 0 unspecified atom stereocenters. The van der Waals surface area contributed by atoms with E-state index < -0.39 is 0 Å². The lowest BCUT2D eigenvalue weighted by Gasteiger charge is -2.17. The number of benzene rings is 5. The molecule has 5 aromatic carbocycles. The molecule has 0 spiro atoms. The van der Waals surface area contributed by atoms with Crippen molar-refractivity contribution in [2.24, 2.45) is 0 Å². The van der Waals surface area contributed by atoms with E-state index in [0.717, 1.165) is 93.1 Å². The number of aryl methyl sites for hydroxylation is 4. The molecule has 0 amide bonds. The van der Waals surface area contributed by atoms with Crippen LogP contribution < -0.4 is 4.74 Å². The Balaban J connectivity index is 1.00. The molecule has 0 bridgehead atoms. The molecular formula is C59H45N5O. The van der Waals surface area contributed by atoms with Crippen molar-refractivity contribution in [3.05, 3.63) is 247 Å². The van der Waals surface area contributed by atoms with Gasteiger partial charge in [0.2, 0.25) is 0 Å². The van der Waals surface area contributed by atoms with Gasteiger partial charge in [0.25, 0.3) is 0 Å². The van der Waals surface area contributed by atoms with Crippen molar-refractivity contribution in [1.29, 1.82) is 0 Å². The second-order valence-corrected chi connectivity index (χ2v) is 16.0. The molecule has 0 saturated carbocycles. The third-order valence-electron chi connectivity index (χ3n) is 11.6. The summed E-state index contributed by atoms with van der Waals surface area (Å²) in [5, 5.41) is 0. The summed E-state index contributed by atoms with van der Waals surface area (Å²) >= 11 is 0. The number of pyridine rings is 5. The predicted octanol–water partition coefficient (Wildman–Crippen LogP) is 14.0. The summed E-state index contributed by atoms with van der Waals surface area (Å²) < 4.78 is 6.87. The molecule has 10 aromatic rings. The Morgan fingerprint density at radius 3 is 1.32 bits per heavy atom. The third kappa shape index (κ3) is 9.83. The summed E-state index contributed by atoms with van der Waals surface area (Å²) in [5.41, 5.74) is 16.9. The van der Waals surface area contributed by atoms with Gasteiger partial charge in [0.15, 0.2) is 0 Å². The fourth-order valence-corrected chi connectivity index (χ4v) is 8.26. The quantitative estimate of drug-likeness (QED) is 0.109. The highest BCUT2D eigenvalue weighted by Gasteiger charge is 2.18. The summed E-state index contributed by atoms with van der Waals surface area (Å²) in [5.74, 6) is 1.39. The van der Waals surface area contributed by atoms with Crippen LogP contribution in [0.3, 0.4) is 0 Å². The number of hydrogen-bond donors (Lipinski definition) is 0. The Hall–Kier alpha value is -8.35. The van der Waals surface area contributed by atoms with Crippen LogP contribution in [0.25, 0.3) is 67.4 Å². The molecule has 10 rings (SSSR count). The Bertz CT molecular complexity index is 3040. The maximum Gasteiger partial charge on any atom is 0.139 e. The fraction of sp³-hybridized carbons (Fsp3) is 0.0678. The smallest absolute Gasteiger partial charge is 0.139 e. The van der Waals surface area contributed by atoms with Gasteiger partial charge in [-0.05, 0) is 125 Å². The molecule has 0 aliphatic carbocycles. The normalized spacial score (nSPS) is 11.0. The lowest BCUT2D eigenvalue weighted by Crippen LogP contribution is -1.99. The summed E-state index contributed by atoms with van der Waals surface area (Å²) in [6.07, 6.45) is 12.8. The highest BCUT2D eigenvalue weighted by molar-refractivity contribution is 5.87. The molecule has 65 heavy (non-hydrogen) atoms. The van der Waals surface area contributed by atoms with Crippen molar-refractivity contribution in [3.8, 4) is 78.9 Å². The van der Waals surface area contributed by atoms with Gasteiger partial charge in [-0.3, -0.25) is 24.9 Å². The van der Waals surface area contributed by atoms with E-state index in [9.17, 15) is 0 Å². The first-order valence-corrected chi connectivity index (χ1v) is 22.0. The van der Waals surface area contributed by atoms with Crippen LogP contribution in [0.5, 0.6) is 11.5 Å². The van der Waals surface area contributed by atoms with Gasteiger partial charge >= 0.3 is 0 Å². The van der Waals surface area contributed by atoms with Gasteiger partial charge in [0.05, 0.1) is 28.5 Å². The SMILES string of the molecule is c1ccc(-c2ccc(CCc3cc(CCc4ccc(-c5ccccn5)cc4)cc(-c4ccccc4-c4cnc(-c5ccccn5)cc4Oc4cccc(-c5ccccn5)c4)c3)cc2)nc1. The van der Waals surface area contributed by atoms with Gasteiger partial charge in [-0.2, -0.15) is 0 Å². The minimum absolute atomic E-state index is 0.686. The van der Waals surface area contributed by atoms with Crippen LogP contribution in [0.4, 0.5) is 0 Å². The molecule has 5 aromatic heterocycles. The number of rotatable bonds is 14. The van der Waals surface area contributed by atoms with Crippen molar-refractivity contribution in [1.82, 2.24) is 24.9 Å². The van der Waals surface area contributed by atoms with E-state index in [0.29, 0.717) is 11.5 Å². The van der Waals surface area contributed by atoms with Gasteiger partial charge in [0.1, 0.15) is 11.5 Å². The molecule has 0 saturated heterocycles. The van der Waals surface area contributed by atoms with E-state index in [1.54, 1.807) is 6.20 Å². The molecule has 0 aliphatic heterocycles. The topological polar surface area (TPSA) is 73.7 Å². The molecule has 6 heteroatoms. The molecule has 6 nitrogen and oxygen atoms in total.